The first kappa shape index (κ1) is 20.1. The van der Waals surface area contributed by atoms with Crippen LogP contribution in [0.2, 0.25) is 0 Å². The number of alkyl halides is 3. The van der Waals surface area contributed by atoms with Gasteiger partial charge >= 0.3 is 6.18 Å². The molecule has 30 heavy (non-hydrogen) atoms. The minimum Gasteiger partial charge on any atom is -0.454 e. The maximum atomic E-state index is 12.8. The number of halogens is 3. The van der Waals surface area contributed by atoms with Crippen molar-refractivity contribution in [3.63, 3.8) is 0 Å². The predicted octanol–water partition coefficient (Wildman–Crippen LogP) is 3.24. The fraction of sp³-hybridized carbons (Fsp3) is 0.333. The number of nitrogens with one attached hydrogen (secondary N) is 1. The fourth-order valence-electron chi connectivity index (χ4n) is 3.61. The van der Waals surface area contributed by atoms with Gasteiger partial charge in [0.2, 0.25) is 18.6 Å². The normalized spacial score (nSPS) is 18.0. The Hall–Kier alpha value is -3.23. The number of benzene rings is 2. The molecule has 4 rings (SSSR count). The Morgan fingerprint density at radius 2 is 1.90 bits per heavy atom. The number of rotatable bonds is 5. The van der Waals surface area contributed by atoms with Crippen molar-refractivity contribution in [2.75, 3.05) is 6.79 Å². The zero-order valence-electron chi connectivity index (χ0n) is 15.9. The van der Waals surface area contributed by atoms with E-state index in [-0.39, 0.29) is 38.1 Å². The van der Waals surface area contributed by atoms with Crippen molar-refractivity contribution in [2.24, 2.45) is 0 Å². The second-order valence-corrected chi connectivity index (χ2v) is 7.18. The van der Waals surface area contributed by atoms with Crippen molar-refractivity contribution in [1.29, 1.82) is 0 Å². The van der Waals surface area contributed by atoms with Gasteiger partial charge in [0.15, 0.2) is 11.5 Å². The van der Waals surface area contributed by atoms with Crippen LogP contribution in [0.15, 0.2) is 42.5 Å². The van der Waals surface area contributed by atoms with Crippen LogP contribution < -0.4 is 14.8 Å². The van der Waals surface area contributed by atoms with Crippen molar-refractivity contribution in [2.45, 2.75) is 38.1 Å². The number of carbonyl (C=O) groups excluding carboxylic acids is 2. The van der Waals surface area contributed by atoms with E-state index in [2.05, 4.69) is 5.32 Å². The van der Waals surface area contributed by atoms with E-state index in [1.165, 1.54) is 17.0 Å². The third kappa shape index (κ3) is 4.19. The number of likely N-dealkylation sites (tertiary alicyclic amines) is 1. The topological polar surface area (TPSA) is 67.9 Å². The Bertz CT molecular complexity index is 977. The molecule has 1 fully saturated rings. The van der Waals surface area contributed by atoms with E-state index in [9.17, 15) is 22.8 Å². The predicted molar refractivity (Wildman–Crippen MR) is 99.4 cm³/mol. The van der Waals surface area contributed by atoms with E-state index >= 15 is 0 Å². The molecular formula is C21H19F3N2O4. The summed E-state index contributed by atoms with van der Waals surface area (Å²) in [7, 11) is 0. The second kappa shape index (κ2) is 7.89. The van der Waals surface area contributed by atoms with E-state index in [1.807, 2.05) is 0 Å². The molecular weight excluding hydrogens is 401 g/mol. The Morgan fingerprint density at radius 3 is 2.70 bits per heavy atom. The van der Waals surface area contributed by atoms with Gasteiger partial charge < -0.3 is 19.7 Å². The van der Waals surface area contributed by atoms with Crippen molar-refractivity contribution >= 4 is 11.8 Å². The van der Waals surface area contributed by atoms with Gasteiger partial charge in [-0.1, -0.05) is 18.2 Å². The lowest BCUT2D eigenvalue weighted by atomic mass is 10.1. The molecule has 1 atom stereocenters. The molecule has 0 aromatic heterocycles. The van der Waals surface area contributed by atoms with Crippen molar-refractivity contribution in [3.05, 3.63) is 59.2 Å². The molecule has 0 radical (unpaired) electrons. The smallest absolute Gasteiger partial charge is 0.416 e. The van der Waals surface area contributed by atoms with E-state index in [1.54, 1.807) is 18.2 Å². The maximum absolute atomic E-state index is 12.8. The van der Waals surface area contributed by atoms with Gasteiger partial charge in [-0.15, -0.1) is 0 Å². The van der Waals surface area contributed by atoms with Crippen LogP contribution in [-0.2, 0) is 28.9 Å². The van der Waals surface area contributed by atoms with Gasteiger partial charge in [-0.25, -0.2) is 0 Å². The Kier molecular flexibility index (Phi) is 5.27. The Balaban J connectivity index is 1.41. The number of hydrogen-bond acceptors (Lipinski definition) is 4. The summed E-state index contributed by atoms with van der Waals surface area (Å²) < 4.78 is 49.2. The summed E-state index contributed by atoms with van der Waals surface area (Å²) in [5, 5.41) is 2.65. The lowest BCUT2D eigenvalue weighted by Gasteiger charge is -2.24. The second-order valence-electron chi connectivity index (χ2n) is 7.18. The van der Waals surface area contributed by atoms with Crippen molar-refractivity contribution < 1.29 is 32.2 Å². The summed E-state index contributed by atoms with van der Waals surface area (Å²) in [6.45, 7) is 0.324. The first-order valence-corrected chi connectivity index (χ1v) is 9.43. The first-order chi connectivity index (χ1) is 14.3. The molecule has 2 aliphatic heterocycles. The Labute approximate surface area is 170 Å². The van der Waals surface area contributed by atoms with Gasteiger partial charge in [-0.05, 0) is 41.8 Å². The van der Waals surface area contributed by atoms with Gasteiger partial charge in [-0.3, -0.25) is 9.59 Å². The van der Waals surface area contributed by atoms with Gasteiger partial charge in [0.25, 0.3) is 0 Å². The molecule has 1 saturated heterocycles. The third-order valence-electron chi connectivity index (χ3n) is 5.14. The zero-order chi connectivity index (χ0) is 21.3. The summed E-state index contributed by atoms with van der Waals surface area (Å²) in [6, 6.07) is 9.45. The van der Waals surface area contributed by atoms with E-state index in [0.29, 0.717) is 23.5 Å². The van der Waals surface area contributed by atoms with E-state index < -0.39 is 17.8 Å². The molecule has 2 aromatic carbocycles. The summed E-state index contributed by atoms with van der Waals surface area (Å²) >= 11 is 0. The molecule has 0 saturated carbocycles. The number of amides is 2. The molecule has 0 bridgehead atoms. The monoisotopic (exact) mass is 420 g/mol. The lowest BCUT2D eigenvalue weighted by Crippen LogP contribution is -2.44. The summed E-state index contributed by atoms with van der Waals surface area (Å²) in [5.41, 5.74) is 0.365. The molecule has 6 nitrogen and oxygen atoms in total. The minimum atomic E-state index is -4.45. The zero-order valence-corrected chi connectivity index (χ0v) is 15.9. The van der Waals surface area contributed by atoms with Crippen LogP contribution in [0.5, 0.6) is 11.5 Å². The number of hydrogen-bond donors (Lipinski definition) is 1. The Morgan fingerprint density at radius 1 is 1.10 bits per heavy atom. The summed E-state index contributed by atoms with van der Waals surface area (Å²) in [6.07, 6.45) is -3.84. The average molecular weight is 420 g/mol. The quantitative estimate of drug-likeness (QED) is 0.807. The maximum Gasteiger partial charge on any atom is 0.416 e. The molecule has 1 unspecified atom stereocenters. The van der Waals surface area contributed by atoms with Crippen LogP contribution >= 0.6 is 0 Å². The highest BCUT2D eigenvalue weighted by Gasteiger charge is 2.36. The van der Waals surface area contributed by atoms with Gasteiger partial charge in [0.1, 0.15) is 6.04 Å². The number of carbonyl (C=O) groups is 2. The van der Waals surface area contributed by atoms with Gasteiger partial charge in [0, 0.05) is 19.5 Å². The lowest BCUT2D eigenvalue weighted by molar-refractivity contribution is -0.137. The molecule has 9 heteroatoms. The highest BCUT2D eigenvalue weighted by atomic mass is 19.4. The highest BCUT2D eigenvalue weighted by molar-refractivity contribution is 5.90. The van der Waals surface area contributed by atoms with E-state index in [0.717, 1.165) is 17.7 Å². The highest BCUT2D eigenvalue weighted by Crippen LogP contribution is 2.34. The number of ether oxygens (including phenoxy) is 2. The molecule has 158 valence electrons. The van der Waals surface area contributed by atoms with Crippen LogP contribution in [0.1, 0.15) is 29.5 Å². The summed E-state index contributed by atoms with van der Waals surface area (Å²) in [5.74, 6) is 0.678. The largest absolute Gasteiger partial charge is 0.454 e. The van der Waals surface area contributed by atoms with Crippen LogP contribution in [0.3, 0.4) is 0 Å². The van der Waals surface area contributed by atoms with E-state index in [4.69, 9.17) is 9.47 Å². The average Bonchev–Trinajstić information content (AvgIpc) is 3.32. The van der Waals surface area contributed by atoms with Crippen LogP contribution in [0.4, 0.5) is 13.2 Å². The van der Waals surface area contributed by atoms with Crippen molar-refractivity contribution in [3.8, 4) is 11.5 Å². The molecule has 1 N–H and O–H groups in total. The SMILES string of the molecule is O=C(NCc1cccc(C(F)(F)F)c1)C1CCC(=O)N1Cc1ccc2c(c1)OCO2. The van der Waals surface area contributed by atoms with Crippen LogP contribution in [0, 0.1) is 0 Å². The minimum absolute atomic E-state index is 0.0503. The molecule has 0 spiro atoms. The molecule has 2 aromatic rings. The third-order valence-corrected chi connectivity index (χ3v) is 5.14. The molecule has 0 aliphatic carbocycles. The van der Waals surface area contributed by atoms with Crippen molar-refractivity contribution in [1.82, 2.24) is 10.2 Å². The standard InChI is InChI=1S/C21H19F3N2O4/c22-21(23,24)15-3-1-2-13(8-15)10-25-20(28)16-5-7-19(27)26(16)11-14-4-6-17-18(9-14)30-12-29-17/h1-4,6,8-9,16H,5,7,10-12H2,(H,25,28). The molecule has 2 amide bonds. The number of fused-ring (bicyclic) bond motifs is 1. The summed E-state index contributed by atoms with van der Waals surface area (Å²) in [4.78, 5) is 26.5. The molecule has 2 aliphatic rings. The number of nitrogens with zero attached hydrogens (tertiary/aromatic N) is 1. The molecule has 2 heterocycles. The van der Waals surface area contributed by atoms with Gasteiger partial charge in [0.05, 0.1) is 5.56 Å². The first-order valence-electron chi connectivity index (χ1n) is 9.43. The van der Waals surface area contributed by atoms with Crippen LogP contribution in [-0.4, -0.2) is 29.5 Å². The van der Waals surface area contributed by atoms with Gasteiger partial charge in [-0.2, -0.15) is 13.2 Å². The fourth-order valence-corrected chi connectivity index (χ4v) is 3.61. The van der Waals surface area contributed by atoms with Crippen LogP contribution in [0.25, 0.3) is 0 Å².